The minimum atomic E-state index is -4.54. The number of ketones is 1. The number of hydrogen-bond donors (Lipinski definition) is 2. The Bertz CT molecular complexity index is 2500. The predicted molar refractivity (Wildman–Crippen MR) is 220 cm³/mol. The van der Waals surface area contributed by atoms with Crippen molar-refractivity contribution in [3.05, 3.63) is 139 Å². The summed E-state index contributed by atoms with van der Waals surface area (Å²) in [4.78, 5) is 52.4. The van der Waals surface area contributed by atoms with Crippen molar-refractivity contribution >= 4 is 71.1 Å². The highest BCUT2D eigenvalue weighted by Gasteiger charge is 2.30. The van der Waals surface area contributed by atoms with Crippen LogP contribution in [0, 0.1) is 10.1 Å². The van der Waals surface area contributed by atoms with Gasteiger partial charge in [0.05, 0.1) is 26.5 Å². The molecule has 0 fully saturated rings. The van der Waals surface area contributed by atoms with E-state index in [9.17, 15) is 28.1 Å². The van der Waals surface area contributed by atoms with Crippen molar-refractivity contribution in [3.8, 4) is 0 Å². The molecule has 2 N–H and O–H groups in total. The average Bonchev–Trinajstić information content (AvgIpc) is 3.80. The molecule has 0 atom stereocenters. The van der Waals surface area contributed by atoms with Gasteiger partial charge in [0.2, 0.25) is 0 Å². The monoisotopic (exact) mass is 809 g/mol. The minimum absolute atomic E-state index is 0.0367. The van der Waals surface area contributed by atoms with Crippen LogP contribution in [0.5, 0.6) is 0 Å². The van der Waals surface area contributed by atoms with Gasteiger partial charge >= 0.3 is 0 Å². The number of Topliss-reactive ketones (excluding diaryl/α,β-unsaturated/α-hetero) is 1. The lowest BCUT2D eigenvalue weighted by molar-refractivity contribution is -0.384. The average molecular weight is 810 g/mol. The summed E-state index contributed by atoms with van der Waals surface area (Å²) >= 11 is 2.80. The number of nitro benzene ring substituents is 1. The smallest absolute Gasteiger partial charge is 0.293 e. The van der Waals surface area contributed by atoms with Crippen molar-refractivity contribution in [2.24, 2.45) is 0 Å². The number of nitrogens with zero attached hydrogens (tertiary/aromatic N) is 5. The summed E-state index contributed by atoms with van der Waals surface area (Å²) in [5.41, 5.74) is 4.02. The fourth-order valence-electron chi connectivity index (χ4n) is 6.61. The van der Waals surface area contributed by atoms with Crippen molar-refractivity contribution in [2.75, 3.05) is 43.9 Å². The highest BCUT2D eigenvalue weighted by atomic mass is 32.2. The Morgan fingerprint density at radius 3 is 2.52 bits per heavy atom. The van der Waals surface area contributed by atoms with Crippen molar-refractivity contribution in [3.63, 3.8) is 0 Å². The standard InChI is InChI=1S/C40H39N7O6S3/c1-45(2)20-9-19-41-31-17-16-28(23-33(31)47(50)51)56(52,53)44-39(49)38-36(22-26-10-4-3-5-11-26)55-40(43-38)46-21-18-27-12-8-13-29(30(27)25-46)34(48)24-37-42-32-14-6-7-15-35(32)54-37/h3-8,10-17,23,41H,9,18-22,24-25H2,1-2H3,(H,44,49). The van der Waals surface area contributed by atoms with E-state index < -0.39 is 31.4 Å². The maximum Gasteiger partial charge on any atom is 0.293 e. The Morgan fingerprint density at radius 2 is 1.75 bits per heavy atom. The number of rotatable bonds is 15. The van der Waals surface area contributed by atoms with E-state index in [1.165, 1.54) is 34.8 Å². The first-order chi connectivity index (χ1) is 26.9. The number of anilines is 2. The number of aromatic nitrogens is 2. The molecule has 7 rings (SSSR count). The molecule has 288 valence electrons. The molecular weight excluding hydrogens is 771 g/mol. The number of para-hydroxylation sites is 1. The van der Waals surface area contributed by atoms with Gasteiger partial charge in [-0.2, -0.15) is 0 Å². The van der Waals surface area contributed by atoms with Crippen molar-refractivity contribution in [1.82, 2.24) is 19.6 Å². The maximum atomic E-state index is 13.9. The van der Waals surface area contributed by atoms with Gasteiger partial charge in [-0.3, -0.25) is 19.7 Å². The quantitative estimate of drug-likeness (QED) is 0.0489. The van der Waals surface area contributed by atoms with E-state index in [-0.39, 0.29) is 23.6 Å². The Hall–Kier alpha value is -5.55. The molecule has 0 spiro atoms. The lowest BCUT2D eigenvalue weighted by atomic mass is 9.92. The minimum Gasteiger partial charge on any atom is -0.379 e. The van der Waals surface area contributed by atoms with Crippen LogP contribution in [0.1, 0.15) is 53.8 Å². The summed E-state index contributed by atoms with van der Waals surface area (Å²) in [6, 6.07) is 26.5. The van der Waals surface area contributed by atoms with Crippen LogP contribution in [0.25, 0.3) is 10.2 Å². The molecule has 0 saturated carbocycles. The van der Waals surface area contributed by atoms with Gasteiger partial charge in [0.25, 0.3) is 21.6 Å². The van der Waals surface area contributed by atoms with Crippen LogP contribution in [0.4, 0.5) is 16.5 Å². The van der Waals surface area contributed by atoms with Gasteiger partial charge in [-0.05, 0) is 74.4 Å². The van der Waals surface area contributed by atoms with Gasteiger partial charge in [0, 0.05) is 42.6 Å². The van der Waals surface area contributed by atoms with E-state index in [1.54, 1.807) is 0 Å². The van der Waals surface area contributed by atoms with Gasteiger partial charge in [0.15, 0.2) is 10.9 Å². The maximum absolute atomic E-state index is 13.9. The summed E-state index contributed by atoms with van der Waals surface area (Å²) in [6.45, 7) is 2.15. The number of carbonyl (C=O) groups excluding carboxylic acids is 2. The van der Waals surface area contributed by atoms with Gasteiger partial charge in [-0.15, -0.1) is 22.7 Å². The van der Waals surface area contributed by atoms with E-state index >= 15 is 0 Å². The second-order valence-electron chi connectivity index (χ2n) is 13.7. The molecule has 0 saturated heterocycles. The molecule has 0 unspecified atom stereocenters. The Morgan fingerprint density at radius 1 is 0.964 bits per heavy atom. The number of fused-ring (bicyclic) bond motifs is 2. The van der Waals surface area contributed by atoms with Gasteiger partial charge in [0.1, 0.15) is 16.4 Å². The summed E-state index contributed by atoms with van der Waals surface area (Å²) in [5, 5.41) is 16.2. The molecule has 56 heavy (non-hydrogen) atoms. The zero-order valence-corrected chi connectivity index (χ0v) is 33.2. The number of hydrogen-bond acceptors (Lipinski definition) is 13. The third-order valence-electron chi connectivity index (χ3n) is 9.40. The molecule has 2 aromatic heterocycles. The Labute approximate surface area is 332 Å². The molecule has 3 heterocycles. The second-order valence-corrected chi connectivity index (χ2v) is 17.5. The van der Waals surface area contributed by atoms with Crippen LogP contribution in [0.2, 0.25) is 0 Å². The van der Waals surface area contributed by atoms with Gasteiger partial charge in [-0.1, -0.05) is 60.7 Å². The molecule has 0 radical (unpaired) electrons. The number of sulfonamides is 1. The molecule has 1 aliphatic rings. The molecule has 13 nitrogen and oxygen atoms in total. The van der Waals surface area contributed by atoms with E-state index in [4.69, 9.17) is 4.98 Å². The van der Waals surface area contributed by atoms with Crippen molar-refractivity contribution < 1.29 is 22.9 Å². The third kappa shape index (κ3) is 8.78. The molecule has 0 aliphatic carbocycles. The zero-order chi connectivity index (χ0) is 39.4. The lowest BCUT2D eigenvalue weighted by Crippen LogP contribution is -2.33. The zero-order valence-electron chi connectivity index (χ0n) is 30.7. The molecule has 16 heteroatoms. The van der Waals surface area contributed by atoms with E-state index in [0.29, 0.717) is 48.0 Å². The Kier molecular flexibility index (Phi) is 11.5. The number of thiazole rings is 2. The number of benzene rings is 4. The van der Waals surface area contributed by atoms with Crippen molar-refractivity contribution in [1.29, 1.82) is 0 Å². The molecule has 1 amide bonds. The van der Waals surface area contributed by atoms with E-state index in [0.717, 1.165) is 50.9 Å². The Balaban J connectivity index is 1.14. The number of nitro groups is 1. The second kappa shape index (κ2) is 16.7. The van der Waals surface area contributed by atoms with Crippen LogP contribution in [-0.2, 0) is 35.8 Å². The van der Waals surface area contributed by atoms with Crippen LogP contribution >= 0.6 is 22.7 Å². The van der Waals surface area contributed by atoms with Crippen LogP contribution in [-0.4, -0.2) is 73.6 Å². The van der Waals surface area contributed by atoms with Gasteiger partial charge < -0.3 is 15.1 Å². The number of carbonyl (C=O) groups is 2. The summed E-state index contributed by atoms with van der Waals surface area (Å²) in [6.07, 6.45) is 1.85. The summed E-state index contributed by atoms with van der Waals surface area (Å²) in [5.74, 6) is -0.985. The number of nitrogens with one attached hydrogen (secondary N) is 2. The highest BCUT2D eigenvalue weighted by Crippen LogP contribution is 2.34. The first-order valence-corrected chi connectivity index (χ1v) is 21.1. The van der Waals surface area contributed by atoms with Crippen molar-refractivity contribution in [2.45, 2.75) is 37.1 Å². The first kappa shape index (κ1) is 38.7. The van der Waals surface area contributed by atoms with Gasteiger partial charge in [-0.25, -0.2) is 23.1 Å². The first-order valence-electron chi connectivity index (χ1n) is 18.0. The van der Waals surface area contributed by atoms with E-state index in [2.05, 4.69) is 15.0 Å². The predicted octanol–water partition coefficient (Wildman–Crippen LogP) is 6.72. The fourth-order valence-corrected chi connectivity index (χ4v) is 9.67. The van der Waals surface area contributed by atoms with Crippen LogP contribution < -0.4 is 14.9 Å². The van der Waals surface area contributed by atoms with E-state index in [1.807, 2.05) is 96.7 Å². The molecule has 4 aromatic carbocycles. The molecule has 1 aliphatic heterocycles. The molecular formula is C40H39N7O6S3. The summed E-state index contributed by atoms with van der Waals surface area (Å²) < 4.78 is 30.3. The lowest BCUT2D eigenvalue weighted by Gasteiger charge is -2.29. The van der Waals surface area contributed by atoms with Crippen LogP contribution in [0.15, 0.2) is 95.9 Å². The largest absolute Gasteiger partial charge is 0.379 e. The molecule has 6 aromatic rings. The highest BCUT2D eigenvalue weighted by molar-refractivity contribution is 7.90. The third-order valence-corrected chi connectivity index (χ3v) is 12.9. The number of amides is 1. The fraction of sp³-hybridized carbons (Fsp3) is 0.250. The normalized spacial score (nSPS) is 12.8. The SMILES string of the molecule is CN(C)CCCNc1ccc(S(=O)(=O)NC(=O)c2nc(N3CCc4cccc(C(=O)Cc5nc6ccccc6s5)c4C3)sc2Cc2ccccc2)cc1[N+](=O)[O-]. The summed E-state index contributed by atoms with van der Waals surface area (Å²) in [7, 11) is -0.694. The van der Waals surface area contributed by atoms with Crippen LogP contribution in [0.3, 0.4) is 0 Å². The topological polar surface area (TPSA) is 168 Å². The molecule has 0 bridgehead atoms.